The van der Waals surface area contributed by atoms with E-state index in [1.54, 1.807) is 0 Å². The minimum absolute atomic E-state index is 0.00716. The van der Waals surface area contributed by atoms with Crippen molar-refractivity contribution in [3.8, 4) is 5.75 Å². The Labute approximate surface area is 122 Å². The van der Waals surface area contributed by atoms with E-state index in [9.17, 15) is 18.9 Å². The Morgan fingerprint density at radius 2 is 1.86 bits per heavy atom. The number of phenols is 1. The molecule has 0 atom stereocenters. The van der Waals surface area contributed by atoms with Crippen LogP contribution in [0.3, 0.4) is 0 Å². The molecule has 2 rings (SSSR count). The van der Waals surface area contributed by atoms with Gasteiger partial charge in [0.15, 0.2) is 17.4 Å². The van der Waals surface area contributed by atoms with Gasteiger partial charge in [0.05, 0.1) is 4.92 Å². The Hall–Kier alpha value is -2.41. The van der Waals surface area contributed by atoms with Crippen molar-refractivity contribution in [1.29, 1.82) is 0 Å². The molecule has 2 aromatic carbocycles. The second-order valence-corrected chi connectivity index (χ2v) is 4.59. The Balaban J connectivity index is 2.17. The van der Waals surface area contributed by atoms with Crippen molar-refractivity contribution in [2.45, 2.75) is 6.54 Å². The lowest BCUT2D eigenvalue weighted by atomic mass is 10.2. The molecule has 0 aliphatic heterocycles. The summed E-state index contributed by atoms with van der Waals surface area (Å²) in [6, 6.07) is 6.00. The molecule has 0 radical (unpaired) electrons. The minimum atomic E-state index is -1.08. The van der Waals surface area contributed by atoms with Crippen LogP contribution in [0, 0.1) is 21.7 Å². The molecular weight excluding hydrogens is 306 g/mol. The third-order valence-corrected chi connectivity index (χ3v) is 3.04. The highest BCUT2D eigenvalue weighted by Crippen LogP contribution is 2.28. The number of nitrogens with one attached hydrogen (secondary N) is 1. The predicted molar refractivity (Wildman–Crippen MR) is 73.5 cm³/mol. The minimum Gasteiger partial charge on any atom is -0.503 e. The van der Waals surface area contributed by atoms with Crippen LogP contribution in [0.15, 0.2) is 30.3 Å². The summed E-state index contributed by atoms with van der Waals surface area (Å²) < 4.78 is 26.3. The van der Waals surface area contributed by atoms with Gasteiger partial charge in [-0.3, -0.25) is 10.1 Å². The summed E-state index contributed by atoms with van der Waals surface area (Å²) in [6.07, 6.45) is 0. The van der Waals surface area contributed by atoms with E-state index in [2.05, 4.69) is 5.32 Å². The SMILES string of the molecule is O=[N+]([O-])c1cc(NCc2cc(F)c(O)c(F)c2)ccc1Cl. The second kappa shape index (κ2) is 5.92. The molecule has 21 heavy (non-hydrogen) atoms. The van der Waals surface area contributed by atoms with Crippen LogP contribution in [0.1, 0.15) is 5.56 Å². The van der Waals surface area contributed by atoms with Gasteiger partial charge in [0.2, 0.25) is 0 Å². The molecular formula is C13H9ClF2N2O3. The zero-order valence-electron chi connectivity index (χ0n) is 10.4. The van der Waals surface area contributed by atoms with E-state index in [0.29, 0.717) is 5.69 Å². The van der Waals surface area contributed by atoms with Crippen LogP contribution in [0.2, 0.25) is 5.02 Å². The number of nitro benzene ring substituents is 1. The molecule has 5 nitrogen and oxygen atoms in total. The zero-order chi connectivity index (χ0) is 15.6. The monoisotopic (exact) mass is 314 g/mol. The fourth-order valence-corrected chi connectivity index (χ4v) is 1.87. The van der Waals surface area contributed by atoms with Crippen LogP contribution in [0.5, 0.6) is 5.75 Å². The number of anilines is 1. The van der Waals surface area contributed by atoms with Crippen molar-refractivity contribution in [1.82, 2.24) is 0 Å². The smallest absolute Gasteiger partial charge is 0.289 e. The number of phenolic OH excluding ortho intramolecular Hbond substituents is 1. The lowest BCUT2D eigenvalue weighted by Crippen LogP contribution is -2.01. The van der Waals surface area contributed by atoms with Gasteiger partial charge in [0.25, 0.3) is 5.69 Å². The van der Waals surface area contributed by atoms with Gasteiger partial charge < -0.3 is 10.4 Å². The lowest BCUT2D eigenvalue weighted by Gasteiger charge is -2.08. The molecule has 0 unspecified atom stereocenters. The third-order valence-electron chi connectivity index (χ3n) is 2.72. The molecule has 0 spiro atoms. The summed E-state index contributed by atoms with van der Waals surface area (Å²) in [4.78, 5) is 10.1. The average Bonchev–Trinajstić information content (AvgIpc) is 2.43. The molecule has 0 saturated heterocycles. The van der Waals surface area contributed by atoms with Gasteiger partial charge in [-0.15, -0.1) is 0 Å². The molecule has 0 aliphatic carbocycles. The fourth-order valence-electron chi connectivity index (χ4n) is 1.69. The summed E-state index contributed by atoms with van der Waals surface area (Å²) in [7, 11) is 0. The highest BCUT2D eigenvalue weighted by Gasteiger charge is 2.13. The number of rotatable bonds is 4. The van der Waals surface area contributed by atoms with E-state index in [0.717, 1.165) is 12.1 Å². The third kappa shape index (κ3) is 3.38. The lowest BCUT2D eigenvalue weighted by molar-refractivity contribution is -0.384. The molecule has 2 aromatic rings. The first-order valence-corrected chi connectivity index (χ1v) is 6.11. The maximum atomic E-state index is 13.2. The van der Waals surface area contributed by atoms with Crippen molar-refractivity contribution >= 4 is 23.0 Å². The highest BCUT2D eigenvalue weighted by molar-refractivity contribution is 6.32. The molecule has 0 bridgehead atoms. The summed E-state index contributed by atoms with van der Waals surface area (Å²) in [5.41, 5.74) is 0.338. The molecule has 0 aliphatic rings. The first-order valence-electron chi connectivity index (χ1n) is 5.73. The van der Waals surface area contributed by atoms with Gasteiger partial charge in [-0.2, -0.15) is 0 Å². The molecule has 110 valence electrons. The van der Waals surface area contributed by atoms with Crippen molar-refractivity contribution in [2.75, 3.05) is 5.32 Å². The van der Waals surface area contributed by atoms with Crippen LogP contribution in [-0.2, 0) is 6.54 Å². The van der Waals surface area contributed by atoms with Crippen LogP contribution < -0.4 is 5.32 Å². The number of halogens is 3. The fraction of sp³-hybridized carbons (Fsp3) is 0.0769. The molecule has 0 amide bonds. The molecule has 2 N–H and O–H groups in total. The number of hydrogen-bond acceptors (Lipinski definition) is 4. The van der Waals surface area contributed by atoms with Crippen LogP contribution in [0.25, 0.3) is 0 Å². The van der Waals surface area contributed by atoms with Crippen LogP contribution in [-0.4, -0.2) is 10.0 Å². The van der Waals surface area contributed by atoms with Crippen LogP contribution >= 0.6 is 11.6 Å². The normalized spacial score (nSPS) is 10.4. The Morgan fingerprint density at radius 3 is 2.43 bits per heavy atom. The first kappa shape index (κ1) is 15.0. The first-order chi connectivity index (χ1) is 9.88. The zero-order valence-corrected chi connectivity index (χ0v) is 11.2. The molecule has 0 saturated carbocycles. The topological polar surface area (TPSA) is 75.4 Å². The largest absolute Gasteiger partial charge is 0.503 e. The number of nitro groups is 1. The maximum absolute atomic E-state index is 13.2. The predicted octanol–water partition coefficient (Wildman–Crippen LogP) is 3.84. The van der Waals surface area contributed by atoms with E-state index in [1.165, 1.54) is 18.2 Å². The number of benzene rings is 2. The Kier molecular flexibility index (Phi) is 4.23. The summed E-state index contributed by atoms with van der Waals surface area (Å²) in [6.45, 7) is 0.0207. The Morgan fingerprint density at radius 1 is 1.24 bits per heavy atom. The number of nitrogens with zero attached hydrogens (tertiary/aromatic N) is 1. The van der Waals surface area contributed by atoms with E-state index in [-0.39, 0.29) is 22.8 Å². The highest BCUT2D eigenvalue weighted by atomic mass is 35.5. The van der Waals surface area contributed by atoms with Crippen molar-refractivity contribution in [3.63, 3.8) is 0 Å². The van der Waals surface area contributed by atoms with E-state index in [4.69, 9.17) is 16.7 Å². The van der Waals surface area contributed by atoms with Gasteiger partial charge in [0, 0.05) is 18.3 Å². The standard InChI is InChI=1S/C13H9ClF2N2O3/c14-9-2-1-8(5-12(9)18(20)21)17-6-7-3-10(15)13(19)11(16)4-7/h1-5,17,19H,6H2. The van der Waals surface area contributed by atoms with Gasteiger partial charge in [-0.1, -0.05) is 11.6 Å². The van der Waals surface area contributed by atoms with E-state index in [1.807, 2.05) is 0 Å². The average molecular weight is 315 g/mol. The second-order valence-electron chi connectivity index (χ2n) is 4.18. The van der Waals surface area contributed by atoms with Gasteiger partial charge in [-0.05, 0) is 29.8 Å². The number of aromatic hydroxyl groups is 1. The summed E-state index contributed by atoms with van der Waals surface area (Å²) >= 11 is 5.67. The van der Waals surface area contributed by atoms with Gasteiger partial charge in [0.1, 0.15) is 5.02 Å². The van der Waals surface area contributed by atoms with E-state index >= 15 is 0 Å². The van der Waals surface area contributed by atoms with E-state index < -0.39 is 22.3 Å². The molecule has 0 fully saturated rings. The van der Waals surface area contributed by atoms with Crippen molar-refractivity contribution in [2.24, 2.45) is 0 Å². The molecule has 0 aromatic heterocycles. The van der Waals surface area contributed by atoms with Crippen molar-refractivity contribution in [3.05, 3.63) is 62.7 Å². The molecule has 0 heterocycles. The summed E-state index contributed by atoms with van der Waals surface area (Å²) in [5.74, 6) is -3.19. The van der Waals surface area contributed by atoms with Crippen molar-refractivity contribution < 1.29 is 18.8 Å². The molecule has 8 heteroatoms. The quantitative estimate of drug-likeness (QED) is 0.664. The van der Waals surface area contributed by atoms with Crippen LogP contribution in [0.4, 0.5) is 20.2 Å². The summed E-state index contributed by atoms with van der Waals surface area (Å²) in [5, 5.41) is 22.5. The van der Waals surface area contributed by atoms with Gasteiger partial charge >= 0.3 is 0 Å². The Bertz CT molecular complexity index is 687. The maximum Gasteiger partial charge on any atom is 0.289 e. The van der Waals surface area contributed by atoms with Gasteiger partial charge in [-0.25, -0.2) is 8.78 Å². The number of hydrogen-bond donors (Lipinski definition) is 2.